The van der Waals surface area contributed by atoms with Crippen molar-refractivity contribution in [3.8, 4) is 0 Å². The van der Waals surface area contributed by atoms with Gasteiger partial charge in [0, 0.05) is 12.6 Å². The van der Waals surface area contributed by atoms with Gasteiger partial charge in [-0.1, -0.05) is 41.9 Å². The second-order valence-corrected chi connectivity index (χ2v) is 5.80. The number of carbonyl (C=O) groups is 2. The van der Waals surface area contributed by atoms with Gasteiger partial charge in [0.2, 0.25) is 5.91 Å². The Balaban J connectivity index is 2.11. The molecule has 2 N–H and O–H groups in total. The van der Waals surface area contributed by atoms with E-state index in [1.165, 1.54) is 19.1 Å². The number of rotatable bonds is 6. The highest BCUT2D eigenvalue weighted by Gasteiger charge is 2.17. The zero-order chi connectivity index (χ0) is 17.5. The van der Waals surface area contributed by atoms with Gasteiger partial charge in [0.15, 0.2) is 0 Å². The molecule has 0 bridgehead atoms. The van der Waals surface area contributed by atoms with Crippen LogP contribution in [0.4, 0.5) is 10.1 Å². The van der Waals surface area contributed by atoms with E-state index in [0.29, 0.717) is 12.1 Å². The van der Waals surface area contributed by atoms with E-state index in [0.717, 1.165) is 5.56 Å². The van der Waals surface area contributed by atoms with Crippen LogP contribution < -0.4 is 10.6 Å². The average Bonchev–Trinajstić information content (AvgIpc) is 2.56. The van der Waals surface area contributed by atoms with Crippen molar-refractivity contribution >= 4 is 29.1 Å². The van der Waals surface area contributed by atoms with Gasteiger partial charge in [-0.15, -0.1) is 0 Å². The number of benzene rings is 2. The van der Waals surface area contributed by atoms with Gasteiger partial charge in [0.25, 0.3) is 5.91 Å². The number of nitrogens with one attached hydrogen (secondary N) is 2. The average molecular weight is 349 g/mol. The summed E-state index contributed by atoms with van der Waals surface area (Å²) in [5.41, 5.74) is 1.57. The van der Waals surface area contributed by atoms with Crippen LogP contribution in [0.3, 0.4) is 0 Å². The number of anilines is 1. The zero-order valence-electron chi connectivity index (χ0n) is 13.2. The van der Waals surface area contributed by atoms with E-state index in [2.05, 4.69) is 10.6 Å². The summed E-state index contributed by atoms with van der Waals surface area (Å²) < 4.78 is 13.3. The number of hydrogen-bond donors (Lipinski definition) is 2. The summed E-state index contributed by atoms with van der Waals surface area (Å²) in [6, 6.07) is 13.3. The monoisotopic (exact) mass is 348 g/mol. The third-order valence-corrected chi connectivity index (χ3v) is 3.71. The Hall–Kier alpha value is -2.40. The van der Waals surface area contributed by atoms with Gasteiger partial charge in [-0.05, 0) is 30.2 Å². The molecule has 2 aromatic rings. The van der Waals surface area contributed by atoms with E-state index in [-0.39, 0.29) is 16.5 Å². The van der Waals surface area contributed by atoms with Crippen molar-refractivity contribution in [1.82, 2.24) is 5.32 Å². The third kappa shape index (κ3) is 5.06. The maximum absolute atomic E-state index is 13.3. The molecule has 0 heterocycles. The number of halogens is 2. The van der Waals surface area contributed by atoms with Crippen LogP contribution in [0.2, 0.25) is 5.02 Å². The summed E-state index contributed by atoms with van der Waals surface area (Å²) in [6.45, 7) is 0.678. The smallest absolute Gasteiger partial charge is 0.253 e. The van der Waals surface area contributed by atoms with Crippen molar-refractivity contribution in [3.63, 3.8) is 0 Å². The lowest BCUT2D eigenvalue weighted by Gasteiger charge is -2.16. The highest BCUT2D eigenvalue weighted by Crippen LogP contribution is 2.21. The van der Waals surface area contributed by atoms with E-state index in [9.17, 15) is 14.0 Å². The summed E-state index contributed by atoms with van der Waals surface area (Å²) in [5, 5.41) is 5.46. The largest absolute Gasteiger partial charge is 0.346 e. The van der Waals surface area contributed by atoms with E-state index in [1.54, 1.807) is 6.07 Å². The maximum Gasteiger partial charge on any atom is 0.253 e. The standard InChI is InChI=1S/C18H18ClFN2O2/c1-12(23)21-14-7-8-17(19)16(10-14)18(24)22-15(11-20)9-13-5-3-2-4-6-13/h2-8,10,15H,9,11H2,1H3,(H,21,23)(H,22,24)/t15-/m0/s1. The van der Waals surface area contributed by atoms with E-state index in [1.807, 2.05) is 30.3 Å². The first kappa shape index (κ1) is 17.9. The third-order valence-electron chi connectivity index (χ3n) is 3.38. The van der Waals surface area contributed by atoms with E-state index >= 15 is 0 Å². The fourth-order valence-corrected chi connectivity index (χ4v) is 2.49. The Bertz CT molecular complexity index is 722. The molecule has 0 fully saturated rings. The molecule has 0 aliphatic rings. The molecule has 6 heteroatoms. The molecule has 2 rings (SSSR count). The first-order valence-electron chi connectivity index (χ1n) is 7.47. The molecule has 126 valence electrons. The Morgan fingerprint density at radius 2 is 1.88 bits per heavy atom. The summed E-state index contributed by atoms with van der Waals surface area (Å²) in [6.07, 6.45) is 0.381. The van der Waals surface area contributed by atoms with E-state index < -0.39 is 18.6 Å². The van der Waals surface area contributed by atoms with Gasteiger partial charge >= 0.3 is 0 Å². The quantitative estimate of drug-likeness (QED) is 0.837. The normalized spacial score (nSPS) is 11.6. The molecule has 24 heavy (non-hydrogen) atoms. The molecule has 0 aliphatic heterocycles. The molecule has 0 aromatic heterocycles. The predicted octanol–water partition coefficient (Wildman–Crippen LogP) is 3.61. The highest BCUT2D eigenvalue weighted by atomic mass is 35.5. The van der Waals surface area contributed by atoms with Crippen molar-refractivity contribution in [2.45, 2.75) is 19.4 Å². The minimum atomic E-state index is -0.691. The molecule has 0 saturated heterocycles. The molecule has 1 atom stereocenters. The van der Waals surface area contributed by atoms with Crippen LogP contribution in [0.1, 0.15) is 22.8 Å². The number of hydrogen-bond acceptors (Lipinski definition) is 2. The topological polar surface area (TPSA) is 58.2 Å². The summed E-state index contributed by atoms with van der Waals surface area (Å²) >= 11 is 6.05. The lowest BCUT2D eigenvalue weighted by molar-refractivity contribution is -0.114. The minimum absolute atomic E-state index is 0.189. The van der Waals surface area contributed by atoms with Crippen molar-refractivity contribution < 1.29 is 14.0 Å². The second-order valence-electron chi connectivity index (χ2n) is 5.39. The summed E-state index contributed by atoms with van der Waals surface area (Å²) in [5.74, 6) is -0.736. The fraction of sp³-hybridized carbons (Fsp3) is 0.222. The molecule has 0 radical (unpaired) electrons. The van der Waals surface area contributed by atoms with Gasteiger partial charge in [0.1, 0.15) is 6.67 Å². The lowest BCUT2D eigenvalue weighted by atomic mass is 10.1. The Morgan fingerprint density at radius 1 is 1.17 bits per heavy atom. The summed E-state index contributed by atoms with van der Waals surface area (Å²) in [4.78, 5) is 23.5. The second kappa shape index (κ2) is 8.45. The number of alkyl halides is 1. The number of carbonyl (C=O) groups excluding carboxylic acids is 2. The minimum Gasteiger partial charge on any atom is -0.346 e. The Kier molecular flexibility index (Phi) is 6.32. The molecular weight excluding hydrogens is 331 g/mol. The van der Waals surface area contributed by atoms with Crippen LogP contribution >= 0.6 is 11.6 Å². The summed E-state index contributed by atoms with van der Waals surface area (Å²) in [7, 11) is 0. The first-order valence-corrected chi connectivity index (χ1v) is 7.85. The van der Waals surface area contributed by atoms with Crippen LogP contribution in [0.5, 0.6) is 0 Å². The van der Waals surface area contributed by atoms with Gasteiger partial charge in [-0.25, -0.2) is 4.39 Å². The Morgan fingerprint density at radius 3 is 2.50 bits per heavy atom. The van der Waals surface area contributed by atoms with Crippen molar-refractivity contribution in [3.05, 3.63) is 64.7 Å². The molecule has 0 spiro atoms. The highest BCUT2D eigenvalue weighted by molar-refractivity contribution is 6.34. The number of amides is 2. The van der Waals surface area contributed by atoms with Gasteiger partial charge in [-0.3, -0.25) is 9.59 Å². The van der Waals surface area contributed by atoms with Crippen LogP contribution in [0, 0.1) is 0 Å². The van der Waals surface area contributed by atoms with Gasteiger partial charge in [0.05, 0.1) is 16.6 Å². The van der Waals surface area contributed by atoms with Gasteiger partial charge < -0.3 is 10.6 Å². The maximum atomic E-state index is 13.3. The zero-order valence-corrected chi connectivity index (χ0v) is 13.9. The molecule has 2 aromatic carbocycles. The van der Waals surface area contributed by atoms with Crippen molar-refractivity contribution in [2.24, 2.45) is 0 Å². The SMILES string of the molecule is CC(=O)Nc1ccc(Cl)c(C(=O)N[C@H](CF)Cc2ccccc2)c1. The van der Waals surface area contributed by atoms with Crippen LogP contribution in [-0.2, 0) is 11.2 Å². The van der Waals surface area contributed by atoms with Crippen LogP contribution in [-0.4, -0.2) is 24.5 Å². The molecule has 2 amide bonds. The predicted molar refractivity (Wildman–Crippen MR) is 93.1 cm³/mol. The first-order chi connectivity index (χ1) is 11.5. The van der Waals surface area contributed by atoms with Crippen molar-refractivity contribution in [1.29, 1.82) is 0 Å². The molecular formula is C18H18ClFN2O2. The van der Waals surface area contributed by atoms with Crippen LogP contribution in [0.15, 0.2) is 48.5 Å². The molecule has 4 nitrogen and oxygen atoms in total. The fourth-order valence-electron chi connectivity index (χ4n) is 2.29. The molecule has 0 aliphatic carbocycles. The van der Waals surface area contributed by atoms with Crippen molar-refractivity contribution in [2.75, 3.05) is 12.0 Å². The van der Waals surface area contributed by atoms with E-state index in [4.69, 9.17) is 11.6 Å². The van der Waals surface area contributed by atoms with Gasteiger partial charge in [-0.2, -0.15) is 0 Å². The molecule has 0 unspecified atom stereocenters. The molecule has 0 saturated carbocycles. The lowest BCUT2D eigenvalue weighted by Crippen LogP contribution is -2.38. The van der Waals surface area contributed by atoms with Crippen LogP contribution in [0.25, 0.3) is 0 Å². The Labute approximate surface area is 145 Å².